The lowest BCUT2D eigenvalue weighted by Gasteiger charge is -2.18. The molecule has 0 radical (unpaired) electrons. The zero-order valence-corrected chi connectivity index (χ0v) is 47.1. The van der Waals surface area contributed by atoms with Gasteiger partial charge in [0.25, 0.3) is 0 Å². The molecule has 6 aromatic carbocycles. The van der Waals surface area contributed by atoms with Crippen LogP contribution in [-0.4, -0.2) is 25.9 Å². The molecule has 0 fully saturated rings. The minimum atomic E-state index is -4.68. The maximum atomic E-state index is 12.0. The summed E-state index contributed by atoms with van der Waals surface area (Å²) in [7, 11) is -9.36. The molecule has 70 heavy (non-hydrogen) atoms. The molecule has 0 aliphatic carbocycles. The van der Waals surface area contributed by atoms with E-state index in [0.29, 0.717) is 48.5 Å². The number of benzene rings is 6. The lowest BCUT2D eigenvalue weighted by atomic mass is 9.87. The highest BCUT2D eigenvalue weighted by molar-refractivity contribution is 7.86. The van der Waals surface area contributed by atoms with E-state index in [0.717, 1.165) is 0 Å². The largest absolute Gasteiger partial charge is 0.744 e. The third kappa shape index (κ3) is 20.4. The van der Waals surface area contributed by atoms with E-state index in [1.165, 1.54) is 36.5 Å². The molecule has 0 saturated carbocycles. The highest BCUT2D eigenvalue weighted by Gasteiger charge is 2.31. The van der Waals surface area contributed by atoms with Gasteiger partial charge in [-0.15, -0.1) is 0 Å². The van der Waals surface area contributed by atoms with E-state index in [4.69, 9.17) is 0 Å². The maximum absolute atomic E-state index is 12.0. The molecule has 0 aromatic heterocycles. The lowest BCUT2D eigenvalue weighted by Crippen LogP contribution is -3.61. The van der Waals surface area contributed by atoms with Gasteiger partial charge in [0.2, 0.25) is 0 Å². The van der Waals surface area contributed by atoms with Crippen molar-refractivity contribution in [3.63, 3.8) is 0 Å². The predicted molar refractivity (Wildman–Crippen MR) is 254 cm³/mol. The number of hydrogen-bond acceptors (Lipinski definition) is 6. The average Bonchev–Trinajstić information content (AvgIpc) is 3.23. The summed E-state index contributed by atoms with van der Waals surface area (Å²) in [5, 5.41) is 0. The van der Waals surface area contributed by atoms with Crippen LogP contribution in [0, 0.1) is 14.3 Å². The van der Waals surface area contributed by atoms with E-state index in [-0.39, 0.29) is 64.1 Å². The standard InChI is InChI=1S/2C20H26I.2C7H5F3O3S/c2*1-19(2,3)15-7-11-17(12-8-15)21-18-13-9-16(10-14-18)20(4,5)6;2*8-7(9,10)5-1-3-6(4-2-5)14(11,12)13/h2*7-14H,1-6H3;2*1-4H,(H,11,12,13)/q2*+1;;/p-2. The second-order valence-electron chi connectivity index (χ2n) is 20.2. The summed E-state index contributed by atoms with van der Waals surface area (Å²) in [6.07, 6.45) is -9.07. The number of hydrogen-bond donors (Lipinski definition) is 0. The van der Waals surface area contributed by atoms with Gasteiger partial charge in [0.15, 0.2) is 14.3 Å². The molecule has 0 atom stereocenters. The van der Waals surface area contributed by atoms with Crippen molar-refractivity contribution in [2.24, 2.45) is 0 Å². The van der Waals surface area contributed by atoms with Crippen LogP contribution in [0.1, 0.15) is 116 Å². The van der Waals surface area contributed by atoms with Crippen molar-refractivity contribution in [3.05, 3.63) is 193 Å². The lowest BCUT2D eigenvalue weighted by molar-refractivity contribution is -0.597. The van der Waals surface area contributed by atoms with Gasteiger partial charge in [-0.3, -0.25) is 0 Å². The van der Waals surface area contributed by atoms with Gasteiger partial charge in [0, 0.05) is 0 Å². The van der Waals surface area contributed by atoms with E-state index in [2.05, 4.69) is 180 Å². The fourth-order valence-corrected chi connectivity index (χ4v) is 11.2. The second-order valence-corrected chi connectivity index (χ2v) is 29.0. The van der Waals surface area contributed by atoms with Crippen molar-refractivity contribution in [2.75, 3.05) is 0 Å². The summed E-state index contributed by atoms with van der Waals surface area (Å²) >= 11 is -0.141. The van der Waals surface area contributed by atoms with Gasteiger partial charge < -0.3 is 9.11 Å². The third-order valence-corrected chi connectivity index (χ3v) is 17.3. The van der Waals surface area contributed by atoms with Crippen LogP contribution in [0.5, 0.6) is 0 Å². The van der Waals surface area contributed by atoms with E-state index < -0.39 is 53.5 Å². The summed E-state index contributed by atoms with van der Waals surface area (Å²) in [4.78, 5) is -1.35. The molecule has 16 heteroatoms. The van der Waals surface area contributed by atoms with E-state index in [1.54, 1.807) is 0 Å². The molecule has 6 aromatic rings. The molecule has 0 spiro atoms. The Kier molecular flexibility index (Phi) is 20.6. The predicted octanol–water partition coefficient (Wildman–Crippen LogP) is 8.04. The molecule has 0 heterocycles. The number of halogens is 8. The summed E-state index contributed by atoms with van der Waals surface area (Å²) in [5.74, 6) is 0. The molecule has 0 aliphatic heterocycles. The van der Waals surface area contributed by atoms with Crippen LogP contribution >= 0.6 is 0 Å². The molecule has 6 rings (SSSR count). The Bertz CT molecular complexity index is 2490. The summed E-state index contributed by atoms with van der Waals surface area (Å²) in [6, 6.07) is 41.5. The molecule has 0 aliphatic rings. The van der Waals surface area contributed by atoms with Crippen molar-refractivity contribution in [3.8, 4) is 0 Å². The topological polar surface area (TPSA) is 114 Å². The zero-order chi connectivity index (χ0) is 53.3. The van der Waals surface area contributed by atoms with Gasteiger partial charge in [0.1, 0.15) is 20.2 Å². The second kappa shape index (κ2) is 23.8. The average molecular weight is 1240 g/mol. The van der Waals surface area contributed by atoms with Crippen LogP contribution < -0.4 is 42.4 Å². The Balaban J connectivity index is 0.000000252. The minimum Gasteiger partial charge on any atom is -0.744 e. The van der Waals surface area contributed by atoms with Crippen molar-refractivity contribution in [1.29, 1.82) is 0 Å². The summed E-state index contributed by atoms with van der Waals surface area (Å²) in [5.41, 5.74) is 4.63. The van der Waals surface area contributed by atoms with E-state index in [9.17, 15) is 52.3 Å². The van der Waals surface area contributed by atoms with Gasteiger partial charge in [-0.1, -0.05) is 132 Å². The molecule has 0 saturated heterocycles. The summed E-state index contributed by atoms with van der Waals surface area (Å²) < 4.78 is 140. The Morgan fingerprint density at radius 3 is 0.586 bits per heavy atom. The highest BCUT2D eigenvalue weighted by atomic mass is 127. The monoisotopic (exact) mass is 1240 g/mol. The Labute approximate surface area is 431 Å². The SMILES string of the molecule is CC(C)(C)c1ccc([I+]c2ccc(C(C)(C)C)cc2)cc1.CC(C)(C)c1ccc([I+]c2ccc(C(C)(C)C)cc2)cc1.O=S(=O)([O-])c1ccc(C(F)(F)F)cc1.O=S(=O)([O-])c1ccc(C(F)(F)F)cc1. The van der Waals surface area contributed by atoms with Crippen molar-refractivity contribution in [2.45, 2.75) is 127 Å². The van der Waals surface area contributed by atoms with Crippen molar-refractivity contribution < 1.29 is 94.7 Å². The van der Waals surface area contributed by atoms with Gasteiger partial charge in [0.05, 0.1) is 20.9 Å². The first-order valence-electron chi connectivity index (χ1n) is 21.7. The molecule has 0 unspecified atom stereocenters. The van der Waals surface area contributed by atoms with Gasteiger partial charge in [-0.05, 0) is 141 Å². The van der Waals surface area contributed by atoms with Gasteiger partial charge in [-0.2, -0.15) is 26.3 Å². The van der Waals surface area contributed by atoms with Crippen LogP contribution in [0.15, 0.2) is 155 Å². The number of rotatable bonds is 6. The fourth-order valence-electron chi connectivity index (χ4n) is 5.92. The van der Waals surface area contributed by atoms with E-state index >= 15 is 0 Å². The zero-order valence-electron chi connectivity index (χ0n) is 41.1. The molecular weight excluding hydrogens is 1180 g/mol. The molecule has 6 nitrogen and oxygen atoms in total. The molecule has 0 amide bonds. The Morgan fingerprint density at radius 2 is 0.457 bits per heavy atom. The Hall–Kier alpha value is -3.82. The molecule has 380 valence electrons. The van der Waals surface area contributed by atoms with Crippen molar-refractivity contribution in [1.82, 2.24) is 0 Å². The van der Waals surface area contributed by atoms with Gasteiger partial charge in [-0.25, -0.2) is 16.8 Å². The number of alkyl halides is 6. The first-order chi connectivity index (χ1) is 31.7. The van der Waals surface area contributed by atoms with Crippen LogP contribution in [0.3, 0.4) is 0 Å². The van der Waals surface area contributed by atoms with Crippen LogP contribution in [-0.2, 0) is 54.2 Å². The quantitative estimate of drug-likeness (QED) is 0.0949. The first-order valence-corrected chi connectivity index (χ1v) is 28.9. The normalized spacial score (nSPS) is 12.6. The van der Waals surface area contributed by atoms with Crippen LogP contribution in [0.25, 0.3) is 0 Å². The first kappa shape index (κ1) is 60.5. The van der Waals surface area contributed by atoms with Crippen molar-refractivity contribution >= 4 is 20.2 Å². The smallest absolute Gasteiger partial charge is 0.416 e. The molecule has 0 N–H and O–H groups in total. The minimum absolute atomic E-state index is 0.0703. The maximum Gasteiger partial charge on any atom is 0.416 e. The van der Waals surface area contributed by atoms with Gasteiger partial charge >= 0.3 is 54.8 Å². The van der Waals surface area contributed by atoms with E-state index in [1.807, 2.05) is 0 Å². The third-order valence-electron chi connectivity index (χ3n) is 10.2. The molecular formula is C54H60F6I2O6S2. The van der Waals surface area contributed by atoms with Crippen LogP contribution in [0.4, 0.5) is 26.3 Å². The summed E-state index contributed by atoms with van der Waals surface area (Å²) in [6.45, 7) is 27.2. The Morgan fingerprint density at radius 1 is 0.300 bits per heavy atom. The van der Waals surface area contributed by atoms with Crippen LogP contribution in [0.2, 0.25) is 0 Å². The fraction of sp³-hybridized carbons (Fsp3) is 0.333. The molecule has 0 bridgehead atoms. The highest BCUT2D eigenvalue weighted by Crippen LogP contribution is 2.31.